The minimum atomic E-state index is -0.951. The van der Waals surface area contributed by atoms with Crippen molar-refractivity contribution in [2.24, 2.45) is 0 Å². The average Bonchev–Trinajstić information content (AvgIpc) is 2.85. The molecule has 0 spiro atoms. The van der Waals surface area contributed by atoms with Crippen LogP contribution in [0.3, 0.4) is 0 Å². The second-order valence-electron chi connectivity index (χ2n) is 2.87. The zero-order valence-corrected chi connectivity index (χ0v) is 8.86. The fourth-order valence-corrected chi connectivity index (χ4v) is 2.01. The summed E-state index contributed by atoms with van der Waals surface area (Å²) in [6, 6.07) is 0. The smallest absolute Gasteiger partial charge is 0.347 e. The lowest BCUT2D eigenvalue weighted by Gasteiger charge is -1.99. The lowest BCUT2D eigenvalue weighted by atomic mass is 10.5. The van der Waals surface area contributed by atoms with E-state index in [-0.39, 0.29) is 4.88 Å². The van der Waals surface area contributed by atoms with Gasteiger partial charge in [-0.05, 0) is 6.92 Å². The Hall–Kier alpha value is -1.69. The second-order valence-corrected chi connectivity index (χ2v) is 3.90. The van der Waals surface area contributed by atoms with Crippen LogP contribution in [0.1, 0.15) is 16.6 Å². The molecule has 0 atom stereocenters. The predicted molar refractivity (Wildman–Crippen MR) is 56.0 cm³/mol. The van der Waals surface area contributed by atoms with E-state index in [1.54, 1.807) is 6.20 Å². The van der Waals surface area contributed by atoms with Crippen LogP contribution in [-0.2, 0) is 6.54 Å². The molecule has 0 radical (unpaired) electrons. The minimum absolute atomic E-state index is 0.232. The van der Waals surface area contributed by atoms with Gasteiger partial charge in [-0.25, -0.2) is 14.8 Å². The molecule has 78 valence electrons. The molecular formula is C9H9N3O2S. The standard InChI is InChI=1S/C9H9N3O2S/c1-2-12-4-3-10-7(12)8-11-5-6(15-8)9(13)14/h3-5H,2H2,1H3,(H,13,14). The summed E-state index contributed by atoms with van der Waals surface area (Å²) in [5, 5.41) is 9.40. The summed E-state index contributed by atoms with van der Waals surface area (Å²) in [7, 11) is 0. The molecule has 0 bridgehead atoms. The van der Waals surface area contributed by atoms with Gasteiger partial charge in [-0.1, -0.05) is 0 Å². The van der Waals surface area contributed by atoms with E-state index < -0.39 is 5.97 Å². The Bertz CT molecular complexity index is 489. The van der Waals surface area contributed by atoms with Gasteiger partial charge in [-0.15, -0.1) is 11.3 Å². The van der Waals surface area contributed by atoms with Crippen molar-refractivity contribution >= 4 is 17.3 Å². The number of aryl methyl sites for hydroxylation is 1. The molecule has 0 aromatic carbocycles. The molecule has 0 saturated carbocycles. The number of carbonyl (C=O) groups is 1. The number of carboxylic acid groups (broad SMARTS) is 1. The Labute approximate surface area is 90.0 Å². The van der Waals surface area contributed by atoms with Gasteiger partial charge in [0, 0.05) is 18.9 Å². The third-order valence-electron chi connectivity index (χ3n) is 1.96. The molecule has 2 aromatic heterocycles. The fourth-order valence-electron chi connectivity index (χ4n) is 1.24. The van der Waals surface area contributed by atoms with Crippen molar-refractivity contribution in [3.8, 4) is 10.8 Å². The van der Waals surface area contributed by atoms with Crippen molar-refractivity contribution in [1.82, 2.24) is 14.5 Å². The van der Waals surface area contributed by atoms with Crippen molar-refractivity contribution < 1.29 is 9.90 Å². The summed E-state index contributed by atoms with van der Waals surface area (Å²) in [4.78, 5) is 19.1. The first kappa shape index (κ1) is 9.85. The van der Waals surface area contributed by atoms with Gasteiger partial charge in [-0.2, -0.15) is 0 Å². The van der Waals surface area contributed by atoms with Crippen LogP contribution in [0.2, 0.25) is 0 Å². The minimum Gasteiger partial charge on any atom is -0.477 e. The zero-order chi connectivity index (χ0) is 10.8. The lowest BCUT2D eigenvalue weighted by Crippen LogP contribution is -1.95. The highest BCUT2D eigenvalue weighted by atomic mass is 32.1. The zero-order valence-electron chi connectivity index (χ0n) is 8.04. The molecule has 2 heterocycles. The summed E-state index contributed by atoms with van der Waals surface area (Å²) in [5.41, 5.74) is 0. The molecule has 0 fully saturated rings. The summed E-state index contributed by atoms with van der Waals surface area (Å²) in [6.45, 7) is 2.79. The first-order chi connectivity index (χ1) is 7.22. The highest BCUT2D eigenvalue weighted by Crippen LogP contribution is 2.23. The molecule has 5 nitrogen and oxygen atoms in total. The van der Waals surface area contributed by atoms with Gasteiger partial charge < -0.3 is 9.67 Å². The highest BCUT2D eigenvalue weighted by Gasteiger charge is 2.13. The Morgan fingerprint density at radius 2 is 2.40 bits per heavy atom. The predicted octanol–water partition coefficient (Wildman–Crippen LogP) is 1.72. The quantitative estimate of drug-likeness (QED) is 0.860. The van der Waals surface area contributed by atoms with E-state index >= 15 is 0 Å². The first-order valence-corrected chi connectivity index (χ1v) is 5.24. The van der Waals surface area contributed by atoms with Crippen LogP contribution in [0.25, 0.3) is 10.8 Å². The molecule has 0 aliphatic heterocycles. The van der Waals surface area contributed by atoms with Crippen molar-refractivity contribution in [1.29, 1.82) is 0 Å². The topological polar surface area (TPSA) is 68.0 Å². The molecule has 0 aliphatic rings. The number of aromatic nitrogens is 3. The van der Waals surface area contributed by atoms with Crippen LogP contribution in [0.15, 0.2) is 18.6 Å². The van der Waals surface area contributed by atoms with E-state index in [1.807, 2.05) is 17.7 Å². The van der Waals surface area contributed by atoms with Gasteiger partial charge in [0.05, 0.1) is 6.20 Å². The molecule has 2 aromatic rings. The van der Waals surface area contributed by atoms with Crippen molar-refractivity contribution in [3.05, 3.63) is 23.5 Å². The van der Waals surface area contributed by atoms with Crippen molar-refractivity contribution in [3.63, 3.8) is 0 Å². The van der Waals surface area contributed by atoms with Gasteiger partial charge in [0.15, 0.2) is 10.8 Å². The van der Waals surface area contributed by atoms with E-state index in [0.717, 1.165) is 23.7 Å². The van der Waals surface area contributed by atoms with Crippen LogP contribution in [0, 0.1) is 0 Å². The normalized spacial score (nSPS) is 10.5. The van der Waals surface area contributed by atoms with Gasteiger partial charge in [0.25, 0.3) is 0 Å². The van der Waals surface area contributed by atoms with Gasteiger partial charge in [-0.3, -0.25) is 0 Å². The van der Waals surface area contributed by atoms with E-state index in [0.29, 0.717) is 5.01 Å². The number of imidazole rings is 1. The van der Waals surface area contributed by atoms with Crippen LogP contribution in [-0.4, -0.2) is 25.6 Å². The first-order valence-electron chi connectivity index (χ1n) is 4.43. The number of carboxylic acids is 1. The molecule has 0 aliphatic carbocycles. The van der Waals surface area contributed by atoms with Gasteiger partial charge in [0.2, 0.25) is 0 Å². The molecular weight excluding hydrogens is 214 g/mol. The number of nitrogens with zero attached hydrogens (tertiary/aromatic N) is 3. The van der Waals surface area contributed by atoms with E-state index in [9.17, 15) is 4.79 Å². The van der Waals surface area contributed by atoms with Crippen LogP contribution >= 0.6 is 11.3 Å². The average molecular weight is 223 g/mol. The molecule has 0 saturated heterocycles. The monoisotopic (exact) mass is 223 g/mol. The van der Waals surface area contributed by atoms with Crippen molar-refractivity contribution in [2.45, 2.75) is 13.5 Å². The molecule has 0 amide bonds. The Balaban J connectivity index is 2.41. The maximum absolute atomic E-state index is 10.7. The highest BCUT2D eigenvalue weighted by molar-refractivity contribution is 7.16. The molecule has 1 N–H and O–H groups in total. The van der Waals surface area contributed by atoms with Crippen LogP contribution in [0.4, 0.5) is 0 Å². The van der Waals surface area contributed by atoms with Gasteiger partial charge >= 0.3 is 5.97 Å². The third-order valence-corrected chi connectivity index (χ3v) is 2.95. The molecule has 2 rings (SSSR count). The SMILES string of the molecule is CCn1ccnc1-c1ncc(C(=O)O)s1. The maximum Gasteiger partial charge on any atom is 0.347 e. The number of aromatic carboxylic acids is 1. The number of rotatable bonds is 3. The summed E-state index contributed by atoms with van der Waals surface area (Å²) >= 11 is 1.13. The Morgan fingerprint density at radius 1 is 1.60 bits per heavy atom. The van der Waals surface area contributed by atoms with Crippen molar-refractivity contribution in [2.75, 3.05) is 0 Å². The molecule has 6 heteroatoms. The van der Waals surface area contributed by atoms with E-state index in [2.05, 4.69) is 9.97 Å². The molecule has 15 heavy (non-hydrogen) atoms. The number of hydrogen-bond donors (Lipinski definition) is 1. The van der Waals surface area contributed by atoms with Gasteiger partial charge in [0.1, 0.15) is 4.88 Å². The largest absolute Gasteiger partial charge is 0.477 e. The molecule has 0 unspecified atom stereocenters. The number of hydrogen-bond acceptors (Lipinski definition) is 4. The second kappa shape index (κ2) is 3.82. The summed E-state index contributed by atoms with van der Waals surface area (Å²) in [5.74, 6) is -0.233. The Kier molecular flexibility index (Phi) is 2.51. The van der Waals surface area contributed by atoms with E-state index in [1.165, 1.54) is 6.20 Å². The number of thiazole rings is 1. The fraction of sp³-hybridized carbons (Fsp3) is 0.222. The Morgan fingerprint density at radius 3 is 3.00 bits per heavy atom. The third kappa shape index (κ3) is 1.75. The van der Waals surface area contributed by atoms with Crippen LogP contribution in [0.5, 0.6) is 0 Å². The summed E-state index contributed by atoms with van der Waals surface area (Å²) in [6.07, 6.45) is 4.88. The summed E-state index contributed by atoms with van der Waals surface area (Å²) < 4.78 is 1.92. The van der Waals surface area contributed by atoms with E-state index in [4.69, 9.17) is 5.11 Å². The lowest BCUT2D eigenvalue weighted by molar-refractivity contribution is 0.0702. The van der Waals surface area contributed by atoms with Crippen LogP contribution < -0.4 is 0 Å². The maximum atomic E-state index is 10.7.